The van der Waals surface area contributed by atoms with Crippen molar-refractivity contribution in [3.63, 3.8) is 0 Å². The van der Waals surface area contributed by atoms with Gasteiger partial charge in [-0.3, -0.25) is 5.10 Å². The van der Waals surface area contributed by atoms with E-state index in [9.17, 15) is 0 Å². The van der Waals surface area contributed by atoms with Gasteiger partial charge in [0.1, 0.15) is 5.82 Å². The maximum Gasteiger partial charge on any atom is 0.208 e. The van der Waals surface area contributed by atoms with E-state index in [0.29, 0.717) is 13.2 Å². The molecule has 0 bridgehead atoms. The number of nitrogens with two attached hydrogens (primary N) is 1. The number of nitrogens with zero attached hydrogens (tertiary/aromatic N) is 2. The first kappa shape index (κ1) is 11.5. The number of aromatic amines is 1. The highest BCUT2D eigenvalue weighted by atomic mass is 32.2. The van der Waals surface area contributed by atoms with Gasteiger partial charge in [-0.2, -0.15) is 0 Å². The van der Waals surface area contributed by atoms with Gasteiger partial charge in [0.25, 0.3) is 0 Å². The van der Waals surface area contributed by atoms with E-state index in [1.807, 2.05) is 13.8 Å². The fourth-order valence-electron chi connectivity index (χ4n) is 0.974. The van der Waals surface area contributed by atoms with E-state index in [2.05, 4.69) is 15.2 Å². The zero-order chi connectivity index (χ0) is 10.4. The molecule has 14 heavy (non-hydrogen) atoms. The minimum absolute atomic E-state index is 0.0869. The molecule has 1 aromatic heterocycles. The molecule has 1 heterocycles. The van der Waals surface area contributed by atoms with Gasteiger partial charge in [0.2, 0.25) is 5.16 Å². The number of aryl methyl sites for hydroxylation is 1. The molecule has 6 heteroatoms. The highest BCUT2D eigenvalue weighted by Crippen LogP contribution is 2.14. The molecular formula is C8H16N4OS. The summed E-state index contributed by atoms with van der Waals surface area (Å²) in [5.41, 5.74) is 5.54. The Balaban J connectivity index is 2.31. The monoisotopic (exact) mass is 216 g/mol. The van der Waals surface area contributed by atoms with E-state index in [1.165, 1.54) is 0 Å². The van der Waals surface area contributed by atoms with Crippen LogP contribution < -0.4 is 5.73 Å². The number of hydrogen-bond donors (Lipinski definition) is 2. The Hall–Kier alpha value is -0.590. The Labute approximate surface area is 87.8 Å². The topological polar surface area (TPSA) is 76.8 Å². The van der Waals surface area contributed by atoms with Crippen LogP contribution in [0.2, 0.25) is 0 Å². The van der Waals surface area contributed by atoms with Crippen molar-refractivity contribution in [3.8, 4) is 0 Å². The van der Waals surface area contributed by atoms with E-state index in [0.717, 1.165) is 16.7 Å². The van der Waals surface area contributed by atoms with Crippen molar-refractivity contribution in [1.82, 2.24) is 15.2 Å². The van der Waals surface area contributed by atoms with Crippen LogP contribution in [0.1, 0.15) is 12.7 Å². The second-order valence-electron chi connectivity index (χ2n) is 2.83. The van der Waals surface area contributed by atoms with Crippen LogP contribution in [0.3, 0.4) is 0 Å². The summed E-state index contributed by atoms with van der Waals surface area (Å²) in [6, 6.07) is 0. The molecule has 3 N–H and O–H groups in total. The smallest absolute Gasteiger partial charge is 0.208 e. The molecule has 0 aliphatic heterocycles. The van der Waals surface area contributed by atoms with Crippen LogP contribution in [0.4, 0.5) is 0 Å². The molecule has 0 radical (unpaired) electrons. The maximum absolute atomic E-state index is 5.54. The first-order chi connectivity index (χ1) is 6.76. The number of rotatable bonds is 6. The first-order valence-corrected chi connectivity index (χ1v) is 5.58. The molecule has 0 fully saturated rings. The Morgan fingerprint density at radius 1 is 1.64 bits per heavy atom. The predicted octanol–water partition coefficient (Wildman–Crippen LogP) is 0.569. The Bertz CT molecular complexity index is 266. The molecule has 0 spiro atoms. The van der Waals surface area contributed by atoms with Crippen LogP contribution in [0.25, 0.3) is 0 Å². The lowest BCUT2D eigenvalue weighted by Crippen LogP contribution is -2.26. The molecule has 1 atom stereocenters. The third-order valence-electron chi connectivity index (χ3n) is 1.64. The van der Waals surface area contributed by atoms with Crippen molar-refractivity contribution in [1.29, 1.82) is 0 Å². The van der Waals surface area contributed by atoms with Crippen molar-refractivity contribution >= 4 is 11.8 Å². The second-order valence-corrected chi connectivity index (χ2v) is 3.81. The van der Waals surface area contributed by atoms with E-state index in [-0.39, 0.29) is 6.10 Å². The molecule has 0 saturated carbocycles. The van der Waals surface area contributed by atoms with Crippen molar-refractivity contribution < 1.29 is 4.74 Å². The molecular weight excluding hydrogens is 200 g/mol. The molecule has 0 aromatic carbocycles. The second kappa shape index (κ2) is 6.00. The number of nitrogens with one attached hydrogen (secondary N) is 1. The summed E-state index contributed by atoms with van der Waals surface area (Å²) < 4.78 is 5.41. The maximum atomic E-state index is 5.54. The molecule has 1 unspecified atom stereocenters. The molecule has 5 nitrogen and oxygen atoms in total. The Morgan fingerprint density at radius 3 is 2.93 bits per heavy atom. The summed E-state index contributed by atoms with van der Waals surface area (Å²) in [4.78, 5) is 4.18. The van der Waals surface area contributed by atoms with E-state index >= 15 is 0 Å². The lowest BCUT2D eigenvalue weighted by atomic mass is 10.4. The summed E-state index contributed by atoms with van der Waals surface area (Å²) in [6.45, 7) is 5.06. The van der Waals surface area contributed by atoms with Gasteiger partial charge in [0, 0.05) is 18.9 Å². The van der Waals surface area contributed by atoms with Crippen molar-refractivity contribution in [3.05, 3.63) is 5.82 Å². The molecule has 0 saturated heterocycles. The summed E-state index contributed by atoms with van der Waals surface area (Å²) in [6.07, 6.45) is 0.0869. The predicted molar refractivity (Wildman–Crippen MR) is 56.3 cm³/mol. The van der Waals surface area contributed by atoms with Gasteiger partial charge in [0.05, 0.1) is 6.10 Å². The van der Waals surface area contributed by atoms with Crippen LogP contribution in [-0.4, -0.2) is 40.2 Å². The SMILES string of the molecule is CCOC(CN)CSc1n[nH]c(C)n1. The molecule has 1 aromatic rings. The third-order valence-corrected chi connectivity index (χ3v) is 2.62. The van der Waals surface area contributed by atoms with Gasteiger partial charge in [-0.15, -0.1) is 5.10 Å². The van der Waals surface area contributed by atoms with E-state index < -0.39 is 0 Å². The normalized spacial score (nSPS) is 13.1. The van der Waals surface area contributed by atoms with Crippen molar-refractivity contribution in [2.24, 2.45) is 5.73 Å². The highest BCUT2D eigenvalue weighted by Gasteiger charge is 2.08. The quantitative estimate of drug-likeness (QED) is 0.680. The molecule has 0 amide bonds. The van der Waals surface area contributed by atoms with Gasteiger partial charge in [-0.25, -0.2) is 4.98 Å². The molecule has 80 valence electrons. The minimum Gasteiger partial charge on any atom is -0.376 e. The van der Waals surface area contributed by atoms with Crippen molar-refractivity contribution in [2.45, 2.75) is 25.1 Å². The Morgan fingerprint density at radius 2 is 2.43 bits per heavy atom. The average molecular weight is 216 g/mol. The van der Waals surface area contributed by atoms with Crippen LogP contribution >= 0.6 is 11.8 Å². The number of aromatic nitrogens is 3. The van der Waals surface area contributed by atoms with Crippen LogP contribution in [0, 0.1) is 6.92 Å². The summed E-state index contributed by atoms with van der Waals surface area (Å²) in [7, 11) is 0. The van der Waals surface area contributed by atoms with Crippen LogP contribution in [0.15, 0.2) is 5.16 Å². The van der Waals surface area contributed by atoms with Crippen LogP contribution in [0.5, 0.6) is 0 Å². The average Bonchev–Trinajstić information content (AvgIpc) is 2.59. The largest absolute Gasteiger partial charge is 0.376 e. The molecule has 0 aliphatic rings. The number of H-pyrrole nitrogens is 1. The molecule has 1 rings (SSSR count). The number of thioether (sulfide) groups is 1. The van der Waals surface area contributed by atoms with Gasteiger partial charge in [-0.1, -0.05) is 11.8 Å². The van der Waals surface area contributed by atoms with Crippen LogP contribution in [-0.2, 0) is 4.74 Å². The zero-order valence-electron chi connectivity index (χ0n) is 8.49. The standard InChI is InChI=1S/C8H16N4OS/c1-3-13-7(4-9)5-14-8-10-6(2)11-12-8/h7H,3-5,9H2,1-2H3,(H,10,11,12). The highest BCUT2D eigenvalue weighted by molar-refractivity contribution is 7.99. The van der Waals surface area contributed by atoms with E-state index in [1.54, 1.807) is 11.8 Å². The summed E-state index contributed by atoms with van der Waals surface area (Å²) in [5.74, 6) is 1.62. The Kier molecular flexibility index (Phi) is 4.92. The molecule has 0 aliphatic carbocycles. The fraction of sp³-hybridized carbons (Fsp3) is 0.750. The lowest BCUT2D eigenvalue weighted by Gasteiger charge is -2.12. The number of ether oxygens (including phenoxy) is 1. The fourth-order valence-corrected chi connectivity index (χ4v) is 1.85. The third kappa shape index (κ3) is 3.65. The van der Waals surface area contributed by atoms with Crippen molar-refractivity contribution in [2.75, 3.05) is 18.9 Å². The summed E-state index contributed by atoms with van der Waals surface area (Å²) in [5, 5.41) is 7.55. The zero-order valence-corrected chi connectivity index (χ0v) is 9.30. The summed E-state index contributed by atoms with van der Waals surface area (Å²) >= 11 is 1.56. The van der Waals surface area contributed by atoms with Gasteiger partial charge in [-0.05, 0) is 13.8 Å². The first-order valence-electron chi connectivity index (χ1n) is 4.59. The van der Waals surface area contributed by atoms with E-state index in [4.69, 9.17) is 10.5 Å². The van der Waals surface area contributed by atoms with Gasteiger partial charge in [0.15, 0.2) is 0 Å². The number of hydrogen-bond acceptors (Lipinski definition) is 5. The lowest BCUT2D eigenvalue weighted by molar-refractivity contribution is 0.0858. The van der Waals surface area contributed by atoms with Gasteiger partial charge >= 0.3 is 0 Å². The minimum atomic E-state index is 0.0869. The van der Waals surface area contributed by atoms with Gasteiger partial charge < -0.3 is 10.5 Å².